The van der Waals surface area contributed by atoms with Crippen molar-refractivity contribution in [1.29, 1.82) is 0 Å². The van der Waals surface area contributed by atoms with E-state index in [2.05, 4.69) is 20.4 Å². The molecule has 9 heteroatoms. The molecule has 140 valence electrons. The topological polar surface area (TPSA) is 96.1 Å². The lowest BCUT2D eigenvalue weighted by Crippen LogP contribution is -2.30. The Morgan fingerprint density at radius 1 is 1.11 bits per heavy atom. The lowest BCUT2D eigenvalue weighted by Gasteiger charge is -2.09. The van der Waals surface area contributed by atoms with E-state index in [1.807, 2.05) is 13.0 Å². The van der Waals surface area contributed by atoms with Gasteiger partial charge in [-0.1, -0.05) is 24.3 Å². The summed E-state index contributed by atoms with van der Waals surface area (Å²) in [5, 5.41) is 27.2. The van der Waals surface area contributed by atoms with Gasteiger partial charge in [0.25, 0.3) is 5.95 Å². The maximum absolute atomic E-state index is 13.3. The highest BCUT2D eigenvalue weighted by atomic mass is 19.1. The molecule has 4 rings (SSSR count). The van der Waals surface area contributed by atoms with Crippen LogP contribution < -0.4 is 10.8 Å². The maximum Gasteiger partial charge on any atom is 0.489 e. The summed E-state index contributed by atoms with van der Waals surface area (Å²) in [7, 11) is -1.59. The molecular formula is C19H17BFN5O2. The number of aryl methyl sites for hydroxylation is 1. The van der Waals surface area contributed by atoms with Crippen molar-refractivity contribution in [1.82, 2.24) is 19.7 Å². The van der Waals surface area contributed by atoms with Gasteiger partial charge < -0.3 is 15.4 Å². The number of anilines is 1. The van der Waals surface area contributed by atoms with E-state index in [1.165, 1.54) is 12.1 Å². The number of fused-ring (bicyclic) bond motifs is 1. The summed E-state index contributed by atoms with van der Waals surface area (Å²) in [6, 6.07) is 13.3. The van der Waals surface area contributed by atoms with E-state index in [4.69, 9.17) is 0 Å². The van der Waals surface area contributed by atoms with Gasteiger partial charge in [-0.3, -0.25) is 0 Å². The van der Waals surface area contributed by atoms with Crippen molar-refractivity contribution in [2.75, 3.05) is 5.32 Å². The average Bonchev–Trinajstić information content (AvgIpc) is 3.10. The van der Waals surface area contributed by atoms with E-state index in [-0.39, 0.29) is 5.82 Å². The summed E-state index contributed by atoms with van der Waals surface area (Å²) in [4.78, 5) is 8.93. The van der Waals surface area contributed by atoms with Crippen LogP contribution in [0.5, 0.6) is 0 Å². The summed E-state index contributed by atoms with van der Waals surface area (Å²) < 4.78 is 14.9. The highest BCUT2D eigenvalue weighted by molar-refractivity contribution is 6.61. The molecule has 0 amide bonds. The molecule has 0 unspecified atom stereocenters. The molecular weight excluding hydrogens is 360 g/mol. The number of benzene rings is 2. The first-order valence-electron chi connectivity index (χ1n) is 8.68. The fourth-order valence-corrected chi connectivity index (χ4v) is 3.04. The molecule has 28 heavy (non-hydrogen) atoms. The third-order valence-corrected chi connectivity index (χ3v) is 4.32. The summed E-state index contributed by atoms with van der Waals surface area (Å²) in [5.74, 6) is 0.638. The van der Waals surface area contributed by atoms with Crippen molar-refractivity contribution in [3.05, 3.63) is 71.8 Å². The first-order valence-corrected chi connectivity index (χ1v) is 8.68. The minimum Gasteiger partial charge on any atom is -0.423 e. The number of hydrogen-bond acceptors (Lipinski definition) is 6. The molecule has 3 N–H and O–H groups in total. The Morgan fingerprint density at radius 2 is 1.93 bits per heavy atom. The summed E-state index contributed by atoms with van der Waals surface area (Å²) >= 11 is 0. The molecule has 0 fully saturated rings. The van der Waals surface area contributed by atoms with Gasteiger partial charge in [-0.05, 0) is 36.1 Å². The minimum absolute atomic E-state index is 0.288. The third kappa shape index (κ3) is 3.57. The molecule has 0 aliphatic rings. The minimum atomic E-state index is -1.59. The normalized spacial score (nSPS) is 11.0. The van der Waals surface area contributed by atoms with Crippen LogP contribution in [0.4, 0.5) is 10.2 Å². The molecule has 0 spiro atoms. The molecule has 2 aromatic heterocycles. The van der Waals surface area contributed by atoms with Gasteiger partial charge in [0, 0.05) is 23.7 Å². The van der Waals surface area contributed by atoms with Crippen molar-refractivity contribution in [2.24, 2.45) is 0 Å². The lowest BCUT2D eigenvalue weighted by molar-refractivity contribution is 0.426. The Balaban J connectivity index is 1.68. The zero-order valence-electron chi connectivity index (χ0n) is 15.0. The standard InChI is InChI=1S/C19H17BFN5O2/c1-12-8-18(22-10-13-4-2-5-14(21)9-13)25-19(24-12)26-17-7-3-6-16(20(27)28)15(17)11-23-26/h2-9,11,27-28H,10H2,1H3,(H,22,24,25). The molecule has 2 heterocycles. The van der Waals surface area contributed by atoms with Gasteiger partial charge in [0.1, 0.15) is 11.6 Å². The van der Waals surface area contributed by atoms with Crippen LogP contribution in [0.2, 0.25) is 0 Å². The smallest absolute Gasteiger partial charge is 0.423 e. The van der Waals surface area contributed by atoms with Crippen LogP contribution in [0.25, 0.3) is 16.9 Å². The van der Waals surface area contributed by atoms with E-state index in [1.54, 1.807) is 41.2 Å². The quantitative estimate of drug-likeness (QED) is 0.457. The van der Waals surface area contributed by atoms with Crippen LogP contribution >= 0.6 is 0 Å². The Hall–Kier alpha value is -3.30. The molecule has 0 saturated heterocycles. The van der Waals surface area contributed by atoms with Crippen molar-refractivity contribution >= 4 is 29.3 Å². The number of nitrogens with one attached hydrogen (secondary N) is 1. The van der Waals surface area contributed by atoms with Gasteiger partial charge >= 0.3 is 7.12 Å². The fourth-order valence-electron chi connectivity index (χ4n) is 3.04. The van der Waals surface area contributed by atoms with Crippen LogP contribution in [0, 0.1) is 12.7 Å². The second-order valence-corrected chi connectivity index (χ2v) is 6.39. The molecule has 0 bridgehead atoms. The van der Waals surface area contributed by atoms with Crippen molar-refractivity contribution in [2.45, 2.75) is 13.5 Å². The van der Waals surface area contributed by atoms with Gasteiger partial charge in [-0.25, -0.2) is 9.37 Å². The van der Waals surface area contributed by atoms with Crippen molar-refractivity contribution in [3.8, 4) is 5.95 Å². The monoisotopic (exact) mass is 377 g/mol. The number of nitrogens with zero attached hydrogens (tertiary/aromatic N) is 4. The average molecular weight is 377 g/mol. The highest BCUT2D eigenvalue weighted by Crippen LogP contribution is 2.17. The van der Waals surface area contributed by atoms with Crippen molar-refractivity contribution in [3.63, 3.8) is 0 Å². The van der Waals surface area contributed by atoms with Crippen LogP contribution in [0.15, 0.2) is 54.7 Å². The summed E-state index contributed by atoms with van der Waals surface area (Å²) in [5.41, 5.74) is 2.55. The Morgan fingerprint density at radius 3 is 2.71 bits per heavy atom. The Bertz CT molecular complexity index is 1150. The zero-order chi connectivity index (χ0) is 19.7. The van der Waals surface area contributed by atoms with E-state index in [0.717, 1.165) is 11.3 Å². The second kappa shape index (κ2) is 7.38. The molecule has 0 radical (unpaired) electrons. The molecule has 0 saturated carbocycles. The van der Waals surface area contributed by atoms with E-state index in [9.17, 15) is 14.4 Å². The van der Waals surface area contributed by atoms with Crippen LogP contribution in [-0.4, -0.2) is 36.9 Å². The maximum atomic E-state index is 13.3. The lowest BCUT2D eigenvalue weighted by atomic mass is 9.78. The summed E-state index contributed by atoms with van der Waals surface area (Å²) in [6.45, 7) is 2.25. The van der Waals surface area contributed by atoms with Gasteiger partial charge in [-0.15, -0.1) is 0 Å². The van der Waals surface area contributed by atoms with E-state index >= 15 is 0 Å². The van der Waals surface area contributed by atoms with Crippen LogP contribution in [-0.2, 0) is 6.54 Å². The Labute approximate surface area is 160 Å². The largest absolute Gasteiger partial charge is 0.489 e. The molecule has 0 aliphatic carbocycles. The number of halogens is 1. The van der Waals surface area contributed by atoms with Crippen LogP contribution in [0.1, 0.15) is 11.3 Å². The summed E-state index contributed by atoms with van der Waals surface area (Å²) in [6.07, 6.45) is 1.55. The van der Waals surface area contributed by atoms with Gasteiger partial charge in [0.15, 0.2) is 0 Å². The number of aromatic nitrogens is 4. The van der Waals surface area contributed by atoms with E-state index in [0.29, 0.717) is 34.7 Å². The predicted molar refractivity (Wildman–Crippen MR) is 105 cm³/mol. The zero-order valence-corrected chi connectivity index (χ0v) is 15.0. The molecule has 7 nitrogen and oxygen atoms in total. The third-order valence-electron chi connectivity index (χ3n) is 4.32. The first-order chi connectivity index (χ1) is 13.5. The molecule has 0 atom stereocenters. The Kier molecular flexibility index (Phi) is 4.76. The molecule has 0 aliphatic heterocycles. The van der Waals surface area contributed by atoms with Crippen LogP contribution in [0.3, 0.4) is 0 Å². The second-order valence-electron chi connectivity index (χ2n) is 6.39. The SMILES string of the molecule is Cc1cc(NCc2cccc(F)c2)nc(-n2ncc3c(B(O)O)cccc32)n1. The number of rotatable bonds is 5. The van der Waals surface area contributed by atoms with Crippen molar-refractivity contribution < 1.29 is 14.4 Å². The van der Waals surface area contributed by atoms with Gasteiger partial charge in [-0.2, -0.15) is 14.8 Å². The molecule has 4 aromatic rings. The molecule has 2 aromatic carbocycles. The number of hydrogen-bond donors (Lipinski definition) is 3. The highest BCUT2D eigenvalue weighted by Gasteiger charge is 2.18. The van der Waals surface area contributed by atoms with Gasteiger partial charge in [0.2, 0.25) is 0 Å². The van der Waals surface area contributed by atoms with Gasteiger partial charge in [0.05, 0.1) is 11.7 Å². The first kappa shape index (κ1) is 18.1. The predicted octanol–water partition coefficient (Wildman–Crippen LogP) is 1.55. The van der Waals surface area contributed by atoms with E-state index < -0.39 is 7.12 Å². The fraction of sp³-hybridized carbons (Fsp3) is 0.105.